The van der Waals surface area contributed by atoms with E-state index in [0.717, 1.165) is 13.0 Å². The Morgan fingerprint density at radius 3 is 2.40 bits per heavy atom. The third kappa shape index (κ3) is 2.51. The lowest BCUT2D eigenvalue weighted by Gasteiger charge is -2.17. The Kier molecular flexibility index (Phi) is 4.15. The van der Waals surface area contributed by atoms with E-state index < -0.39 is 0 Å². The molecular weight excluding hydrogens is 184 g/mol. The molecule has 0 saturated carbocycles. The van der Waals surface area contributed by atoms with Crippen LogP contribution in [0.3, 0.4) is 0 Å². The lowest BCUT2D eigenvalue weighted by Crippen LogP contribution is -2.08. The van der Waals surface area contributed by atoms with Crippen LogP contribution in [0.5, 0.6) is 0 Å². The summed E-state index contributed by atoms with van der Waals surface area (Å²) in [5, 5.41) is 3.49. The smallest absolute Gasteiger partial charge is 0.0405 e. The number of nitrogens with one attached hydrogen (secondary N) is 1. The van der Waals surface area contributed by atoms with Crippen molar-refractivity contribution in [2.75, 3.05) is 11.9 Å². The van der Waals surface area contributed by atoms with E-state index in [0.29, 0.717) is 6.54 Å². The molecule has 3 N–H and O–H groups in total. The van der Waals surface area contributed by atoms with Crippen molar-refractivity contribution in [2.24, 2.45) is 5.73 Å². The first-order valence-electron chi connectivity index (χ1n) is 5.65. The zero-order chi connectivity index (χ0) is 11.4. The van der Waals surface area contributed by atoms with Crippen LogP contribution < -0.4 is 11.1 Å². The number of hydrogen-bond acceptors (Lipinski definition) is 2. The standard InChI is InChI=1S/C13H22N2/c1-5-6-15-13-10(3)9(2)7-12(8-14)11(13)4/h7,15H,5-6,8,14H2,1-4H3. The Morgan fingerprint density at radius 1 is 1.20 bits per heavy atom. The molecule has 0 unspecified atom stereocenters. The van der Waals surface area contributed by atoms with Crippen molar-refractivity contribution in [1.82, 2.24) is 0 Å². The third-order valence-electron chi connectivity index (χ3n) is 2.99. The Hall–Kier alpha value is -1.02. The summed E-state index contributed by atoms with van der Waals surface area (Å²) in [6.45, 7) is 10.3. The maximum Gasteiger partial charge on any atom is 0.0405 e. The van der Waals surface area contributed by atoms with Gasteiger partial charge in [-0.3, -0.25) is 0 Å². The van der Waals surface area contributed by atoms with Gasteiger partial charge in [0.15, 0.2) is 0 Å². The molecule has 1 aromatic carbocycles. The summed E-state index contributed by atoms with van der Waals surface area (Å²) in [4.78, 5) is 0. The molecule has 0 aliphatic rings. The van der Waals surface area contributed by atoms with Crippen LogP contribution in [0, 0.1) is 20.8 Å². The Morgan fingerprint density at radius 2 is 1.87 bits per heavy atom. The topological polar surface area (TPSA) is 38.0 Å². The van der Waals surface area contributed by atoms with Gasteiger partial charge in [0.25, 0.3) is 0 Å². The second-order valence-corrected chi connectivity index (χ2v) is 4.11. The van der Waals surface area contributed by atoms with Crippen molar-refractivity contribution >= 4 is 5.69 Å². The van der Waals surface area contributed by atoms with Crippen molar-refractivity contribution in [3.63, 3.8) is 0 Å². The fraction of sp³-hybridized carbons (Fsp3) is 0.538. The molecule has 0 aromatic heterocycles. The van der Waals surface area contributed by atoms with Gasteiger partial charge in [-0.25, -0.2) is 0 Å². The molecule has 1 rings (SSSR count). The lowest BCUT2D eigenvalue weighted by molar-refractivity contribution is 0.966. The maximum atomic E-state index is 5.74. The number of hydrogen-bond donors (Lipinski definition) is 2. The predicted octanol–water partition coefficient (Wildman–Crippen LogP) is 2.89. The van der Waals surface area contributed by atoms with E-state index in [9.17, 15) is 0 Å². The van der Waals surface area contributed by atoms with Gasteiger partial charge < -0.3 is 11.1 Å². The van der Waals surface area contributed by atoms with Gasteiger partial charge in [-0.1, -0.05) is 13.0 Å². The molecule has 0 amide bonds. The van der Waals surface area contributed by atoms with Crippen molar-refractivity contribution in [2.45, 2.75) is 40.7 Å². The van der Waals surface area contributed by atoms with Crippen molar-refractivity contribution < 1.29 is 0 Å². The van der Waals surface area contributed by atoms with Crippen LogP contribution in [0.2, 0.25) is 0 Å². The van der Waals surface area contributed by atoms with Gasteiger partial charge in [0.05, 0.1) is 0 Å². The van der Waals surface area contributed by atoms with Gasteiger partial charge in [-0.05, 0) is 49.4 Å². The molecule has 0 radical (unpaired) electrons. The number of rotatable bonds is 4. The summed E-state index contributed by atoms with van der Waals surface area (Å²) < 4.78 is 0. The van der Waals surface area contributed by atoms with E-state index >= 15 is 0 Å². The summed E-state index contributed by atoms with van der Waals surface area (Å²) >= 11 is 0. The number of anilines is 1. The molecule has 0 bridgehead atoms. The van der Waals surface area contributed by atoms with Crippen molar-refractivity contribution in [3.05, 3.63) is 28.3 Å². The minimum atomic E-state index is 0.619. The van der Waals surface area contributed by atoms with Crippen molar-refractivity contribution in [3.8, 4) is 0 Å². The average Bonchev–Trinajstić information content (AvgIpc) is 2.23. The SMILES string of the molecule is CCCNc1c(C)c(C)cc(CN)c1C. The molecule has 0 fully saturated rings. The average molecular weight is 206 g/mol. The van der Waals surface area contributed by atoms with Crippen LogP contribution in [0.4, 0.5) is 5.69 Å². The van der Waals surface area contributed by atoms with Crippen LogP contribution in [-0.2, 0) is 6.54 Å². The molecule has 0 atom stereocenters. The zero-order valence-corrected chi connectivity index (χ0v) is 10.3. The fourth-order valence-electron chi connectivity index (χ4n) is 1.84. The molecule has 84 valence electrons. The van der Waals surface area contributed by atoms with Gasteiger partial charge in [-0.2, -0.15) is 0 Å². The first kappa shape index (κ1) is 12.1. The van der Waals surface area contributed by atoms with Crippen LogP contribution >= 0.6 is 0 Å². The van der Waals surface area contributed by atoms with Gasteiger partial charge in [-0.15, -0.1) is 0 Å². The zero-order valence-electron chi connectivity index (χ0n) is 10.3. The monoisotopic (exact) mass is 206 g/mol. The molecule has 0 saturated heterocycles. The van der Waals surface area contributed by atoms with Crippen LogP contribution in [0.15, 0.2) is 6.07 Å². The first-order chi connectivity index (χ1) is 7.11. The molecule has 0 aliphatic carbocycles. The van der Waals surface area contributed by atoms with Gasteiger partial charge in [0.2, 0.25) is 0 Å². The second-order valence-electron chi connectivity index (χ2n) is 4.11. The normalized spacial score (nSPS) is 10.5. The highest BCUT2D eigenvalue weighted by molar-refractivity contribution is 5.62. The maximum absolute atomic E-state index is 5.74. The van der Waals surface area contributed by atoms with Gasteiger partial charge in [0, 0.05) is 18.8 Å². The largest absolute Gasteiger partial charge is 0.385 e. The molecule has 0 aliphatic heterocycles. The summed E-state index contributed by atoms with van der Waals surface area (Å²) in [7, 11) is 0. The highest BCUT2D eigenvalue weighted by Crippen LogP contribution is 2.26. The Labute approximate surface area is 92.9 Å². The van der Waals surface area contributed by atoms with E-state index in [-0.39, 0.29) is 0 Å². The highest BCUT2D eigenvalue weighted by atomic mass is 14.9. The molecule has 2 heteroatoms. The van der Waals surface area contributed by atoms with E-state index in [4.69, 9.17) is 5.73 Å². The van der Waals surface area contributed by atoms with Crippen molar-refractivity contribution in [1.29, 1.82) is 0 Å². The number of benzene rings is 1. The predicted molar refractivity (Wildman–Crippen MR) is 67.3 cm³/mol. The number of aryl methyl sites for hydroxylation is 1. The third-order valence-corrected chi connectivity index (χ3v) is 2.99. The quantitative estimate of drug-likeness (QED) is 0.795. The highest BCUT2D eigenvalue weighted by Gasteiger charge is 2.08. The number of nitrogens with two attached hydrogens (primary N) is 1. The van der Waals surface area contributed by atoms with Gasteiger partial charge in [0.1, 0.15) is 0 Å². The molecule has 0 spiro atoms. The summed E-state index contributed by atoms with van der Waals surface area (Å²) in [6, 6.07) is 2.20. The first-order valence-corrected chi connectivity index (χ1v) is 5.65. The minimum absolute atomic E-state index is 0.619. The summed E-state index contributed by atoms with van der Waals surface area (Å²) in [5.74, 6) is 0. The van der Waals surface area contributed by atoms with E-state index in [1.54, 1.807) is 0 Å². The molecule has 15 heavy (non-hydrogen) atoms. The summed E-state index contributed by atoms with van der Waals surface area (Å²) in [5.41, 5.74) is 12.2. The Bertz CT molecular complexity index is 343. The fourth-order valence-corrected chi connectivity index (χ4v) is 1.84. The summed E-state index contributed by atoms with van der Waals surface area (Å²) in [6.07, 6.45) is 1.14. The molecule has 0 heterocycles. The van der Waals surface area contributed by atoms with Crippen LogP contribution in [0.1, 0.15) is 35.6 Å². The van der Waals surface area contributed by atoms with E-state index in [2.05, 4.69) is 39.1 Å². The van der Waals surface area contributed by atoms with E-state index in [1.165, 1.54) is 27.9 Å². The van der Waals surface area contributed by atoms with Crippen LogP contribution in [-0.4, -0.2) is 6.54 Å². The lowest BCUT2D eigenvalue weighted by atomic mass is 9.98. The van der Waals surface area contributed by atoms with Crippen LogP contribution in [0.25, 0.3) is 0 Å². The molecule has 2 nitrogen and oxygen atoms in total. The van der Waals surface area contributed by atoms with Gasteiger partial charge >= 0.3 is 0 Å². The Balaban J connectivity index is 3.15. The van der Waals surface area contributed by atoms with E-state index in [1.807, 2.05) is 0 Å². The second kappa shape index (κ2) is 5.17. The molecule has 1 aromatic rings. The molecular formula is C13H22N2. The minimum Gasteiger partial charge on any atom is -0.385 e.